The molecule has 0 aromatic heterocycles. The van der Waals surface area contributed by atoms with Crippen LogP contribution in [0.2, 0.25) is 0 Å². The number of hydrogen-bond acceptors (Lipinski definition) is 5. The summed E-state index contributed by atoms with van der Waals surface area (Å²) in [5.41, 5.74) is 3.36. The third-order valence-corrected chi connectivity index (χ3v) is 4.15. The Labute approximate surface area is 168 Å². The van der Waals surface area contributed by atoms with E-state index in [1.54, 1.807) is 24.3 Å². The molecule has 2 N–H and O–H groups in total. The van der Waals surface area contributed by atoms with Gasteiger partial charge in [-0.05, 0) is 35.9 Å². The summed E-state index contributed by atoms with van der Waals surface area (Å²) < 4.78 is 10.8. The first-order valence-corrected chi connectivity index (χ1v) is 9.06. The number of hydrazone groups is 1. The van der Waals surface area contributed by atoms with Gasteiger partial charge in [0.2, 0.25) is 0 Å². The molecule has 0 radical (unpaired) electrons. The molecule has 29 heavy (non-hydrogen) atoms. The molecule has 0 aliphatic carbocycles. The van der Waals surface area contributed by atoms with Crippen LogP contribution in [0.15, 0.2) is 65.8 Å². The summed E-state index contributed by atoms with van der Waals surface area (Å²) in [5, 5.41) is 8.38. The molecule has 0 aliphatic heterocycles. The van der Waals surface area contributed by atoms with Crippen LogP contribution in [-0.4, -0.2) is 31.7 Å². The van der Waals surface area contributed by atoms with Crippen LogP contribution in [0.4, 0.5) is 5.69 Å². The normalized spacial score (nSPS) is 10.7. The molecule has 0 saturated carbocycles. The number of methoxy groups -OCH3 is 1. The number of hydrogen-bond donors (Lipinski definition) is 2. The van der Waals surface area contributed by atoms with Gasteiger partial charge in [-0.1, -0.05) is 42.5 Å². The van der Waals surface area contributed by atoms with Gasteiger partial charge in [-0.2, -0.15) is 5.10 Å². The fourth-order valence-corrected chi connectivity index (χ4v) is 2.82. The number of amides is 2. The van der Waals surface area contributed by atoms with E-state index in [-0.39, 0.29) is 0 Å². The minimum absolute atomic E-state index is 0.395. The molecule has 0 spiro atoms. The van der Waals surface area contributed by atoms with E-state index >= 15 is 0 Å². The van der Waals surface area contributed by atoms with E-state index in [4.69, 9.17) is 9.47 Å². The van der Waals surface area contributed by atoms with Crippen molar-refractivity contribution in [3.63, 3.8) is 0 Å². The predicted molar refractivity (Wildman–Crippen MR) is 112 cm³/mol. The molecule has 3 aromatic carbocycles. The van der Waals surface area contributed by atoms with Gasteiger partial charge in [0.1, 0.15) is 11.5 Å². The van der Waals surface area contributed by atoms with Crippen molar-refractivity contribution in [3.05, 3.63) is 66.2 Å². The zero-order valence-electron chi connectivity index (χ0n) is 16.1. The molecule has 7 heteroatoms. The molecule has 0 atom stereocenters. The Morgan fingerprint density at radius 3 is 2.52 bits per heavy atom. The van der Waals surface area contributed by atoms with Gasteiger partial charge in [0.25, 0.3) is 0 Å². The lowest BCUT2D eigenvalue weighted by molar-refractivity contribution is -0.136. The van der Waals surface area contributed by atoms with Gasteiger partial charge in [0.15, 0.2) is 0 Å². The third-order valence-electron chi connectivity index (χ3n) is 4.15. The van der Waals surface area contributed by atoms with Crippen molar-refractivity contribution in [2.45, 2.75) is 6.92 Å². The highest BCUT2D eigenvalue weighted by molar-refractivity contribution is 6.39. The molecule has 0 saturated heterocycles. The van der Waals surface area contributed by atoms with Crippen molar-refractivity contribution in [2.75, 3.05) is 19.0 Å². The van der Waals surface area contributed by atoms with Crippen LogP contribution in [0.1, 0.15) is 12.5 Å². The van der Waals surface area contributed by atoms with Gasteiger partial charge < -0.3 is 14.8 Å². The van der Waals surface area contributed by atoms with E-state index in [1.807, 2.05) is 43.3 Å². The van der Waals surface area contributed by atoms with Gasteiger partial charge in [0, 0.05) is 5.56 Å². The summed E-state index contributed by atoms with van der Waals surface area (Å²) >= 11 is 0. The van der Waals surface area contributed by atoms with E-state index < -0.39 is 11.8 Å². The summed E-state index contributed by atoms with van der Waals surface area (Å²) in [6.45, 7) is 2.38. The van der Waals surface area contributed by atoms with Crippen molar-refractivity contribution in [3.8, 4) is 11.5 Å². The number of fused-ring (bicyclic) bond motifs is 1. The SMILES string of the molecule is CCOc1ccc2ccccc2c1/C=N\NC(=O)C(=O)Nc1ccccc1OC. The summed E-state index contributed by atoms with van der Waals surface area (Å²) in [4.78, 5) is 24.2. The standard InChI is InChI=1S/C22H21N3O4/c1-3-29-19-13-12-15-8-4-5-9-16(15)17(19)14-23-25-22(27)21(26)24-18-10-6-7-11-20(18)28-2/h4-14H,3H2,1-2H3,(H,24,26)(H,25,27)/b23-14-. The summed E-state index contributed by atoms with van der Waals surface area (Å²) in [6.07, 6.45) is 1.47. The van der Waals surface area contributed by atoms with E-state index in [9.17, 15) is 9.59 Å². The van der Waals surface area contributed by atoms with Crippen molar-refractivity contribution in [1.82, 2.24) is 5.43 Å². The molecule has 2 amide bonds. The quantitative estimate of drug-likeness (QED) is 0.383. The fourth-order valence-electron chi connectivity index (χ4n) is 2.82. The summed E-state index contributed by atoms with van der Waals surface area (Å²) in [5.74, 6) is -0.656. The number of benzene rings is 3. The fraction of sp³-hybridized carbons (Fsp3) is 0.136. The number of carbonyl (C=O) groups is 2. The maximum atomic E-state index is 12.1. The molecule has 7 nitrogen and oxygen atoms in total. The molecule has 3 rings (SSSR count). The smallest absolute Gasteiger partial charge is 0.329 e. The lowest BCUT2D eigenvalue weighted by Gasteiger charge is -2.10. The van der Waals surface area contributed by atoms with Gasteiger partial charge in [0.05, 0.1) is 25.6 Å². The number of para-hydroxylation sites is 2. The largest absolute Gasteiger partial charge is 0.495 e. The highest BCUT2D eigenvalue weighted by Crippen LogP contribution is 2.26. The van der Waals surface area contributed by atoms with E-state index in [1.165, 1.54) is 13.3 Å². The monoisotopic (exact) mass is 391 g/mol. The van der Waals surface area contributed by atoms with E-state index in [0.717, 1.165) is 16.3 Å². The minimum Gasteiger partial charge on any atom is -0.495 e. The number of nitrogens with one attached hydrogen (secondary N) is 2. The molecule has 0 unspecified atom stereocenters. The average molecular weight is 391 g/mol. The Bertz CT molecular complexity index is 1060. The van der Waals surface area contributed by atoms with Gasteiger partial charge in [-0.3, -0.25) is 9.59 Å². The minimum atomic E-state index is -0.898. The highest BCUT2D eigenvalue weighted by atomic mass is 16.5. The second kappa shape index (κ2) is 9.36. The van der Waals surface area contributed by atoms with Crippen molar-refractivity contribution in [2.24, 2.45) is 5.10 Å². The molecule has 0 aliphatic rings. The Hall–Kier alpha value is -3.87. The second-order valence-electron chi connectivity index (χ2n) is 5.99. The van der Waals surface area contributed by atoms with Crippen LogP contribution in [0.25, 0.3) is 10.8 Å². The third kappa shape index (κ3) is 4.70. The predicted octanol–water partition coefficient (Wildman–Crippen LogP) is 3.34. The first-order chi connectivity index (χ1) is 14.1. The lowest BCUT2D eigenvalue weighted by Crippen LogP contribution is -2.32. The van der Waals surface area contributed by atoms with Crippen LogP contribution in [0.3, 0.4) is 0 Å². The van der Waals surface area contributed by atoms with Gasteiger partial charge >= 0.3 is 11.8 Å². The molecule has 0 bridgehead atoms. The Morgan fingerprint density at radius 2 is 1.72 bits per heavy atom. The van der Waals surface area contributed by atoms with Crippen molar-refractivity contribution < 1.29 is 19.1 Å². The second-order valence-corrected chi connectivity index (χ2v) is 5.99. The zero-order chi connectivity index (χ0) is 20.6. The van der Waals surface area contributed by atoms with Crippen LogP contribution < -0.4 is 20.2 Å². The van der Waals surface area contributed by atoms with Crippen LogP contribution in [0.5, 0.6) is 11.5 Å². The van der Waals surface area contributed by atoms with Gasteiger partial charge in [-0.25, -0.2) is 5.43 Å². The number of nitrogens with zero attached hydrogens (tertiary/aromatic N) is 1. The lowest BCUT2D eigenvalue weighted by atomic mass is 10.0. The zero-order valence-corrected chi connectivity index (χ0v) is 16.1. The van der Waals surface area contributed by atoms with Crippen molar-refractivity contribution >= 4 is 34.5 Å². The molecule has 0 fully saturated rings. The molecule has 3 aromatic rings. The van der Waals surface area contributed by atoms with E-state index in [0.29, 0.717) is 23.8 Å². The van der Waals surface area contributed by atoms with Gasteiger partial charge in [-0.15, -0.1) is 0 Å². The maximum Gasteiger partial charge on any atom is 0.329 e. The highest BCUT2D eigenvalue weighted by Gasteiger charge is 2.15. The van der Waals surface area contributed by atoms with Crippen LogP contribution in [0, 0.1) is 0 Å². The summed E-state index contributed by atoms with van der Waals surface area (Å²) in [7, 11) is 1.48. The summed E-state index contributed by atoms with van der Waals surface area (Å²) in [6, 6.07) is 18.4. The Balaban J connectivity index is 1.74. The maximum absolute atomic E-state index is 12.1. The van der Waals surface area contributed by atoms with E-state index in [2.05, 4.69) is 15.8 Å². The number of carbonyl (C=O) groups excluding carboxylic acids is 2. The van der Waals surface area contributed by atoms with Crippen molar-refractivity contribution in [1.29, 1.82) is 0 Å². The number of rotatable bonds is 6. The molecular formula is C22H21N3O4. The van der Waals surface area contributed by atoms with Crippen LogP contribution >= 0.6 is 0 Å². The number of ether oxygens (including phenoxy) is 2. The Kier molecular flexibility index (Phi) is 6.42. The number of anilines is 1. The Morgan fingerprint density at radius 1 is 0.966 bits per heavy atom. The van der Waals surface area contributed by atoms with Crippen LogP contribution in [-0.2, 0) is 9.59 Å². The topological polar surface area (TPSA) is 89.0 Å². The average Bonchev–Trinajstić information content (AvgIpc) is 2.75. The molecule has 0 heterocycles. The molecule has 148 valence electrons. The molecular weight excluding hydrogens is 370 g/mol. The first-order valence-electron chi connectivity index (χ1n) is 9.06. The first kappa shape index (κ1) is 19.9.